The van der Waals surface area contributed by atoms with Gasteiger partial charge < -0.3 is 9.84 Å². The van der Waals surface area contributed by atoms with Gasteiger partial charge in [-0.25, -0.2) is 0 Å². The van der Waals surface area contributed by atoms with Gasteiger partial charge in [-0.15, -0.1) is 0 Å². The highest BCUT2D eigenvalue weighted by molar-refractivity contribution is 6.30. The van der Waals surface area contributed by atoms with Gasteiger partial charge in [0.1, 0.15) is 0 Å². The number of hydrogen-bond acceptors (Lipinski definition) is 4. The molecule has 0 unspecified atom stereocenters. The van der Waals surface area contributed by atoms with Crippen LogP contribution in [-0.2, 0) is 0 Å². The molecule has 0 bridgehead atoms. The van der Waals surface area contributed by atoms with Crippen LogP contribution in [0.2, 0.25) is 5.02 Å². The van der Waals surface area contributed by atoms with E-state index in [0.29, 0.717) is 17.3 Å². The second kappa shape index (κ2) is 8.80. The molecule has 2 heterocycles. The average molecular weight is 410 g/mol. The Bertz CT molecular complexity index is 961. The first-order valence-electron chi connectivity index (χ1n) is 9.91. The Balaban J connectivity index is 1.45. The van der Waals surface area contributed by atoms with E-state index < -0.39 is 0 Å². The number of carbonyl (C=O) groups is 1. The number of hydrogen-bond donors (Lipinski definition) is 1. The molecule has 1 atom stereocenters. The number of nitrogens with one attached hydrogen (secondary N) is 1. The maximum Gasteiger partial charge on any atom is 0.273 e. The minimum Gasteiger partial charge on any atom is -0.355 e. The van der Waals surface area contributed by atoms with Gasteiger partial charge in [0.2, 0.25) is 0 Å². The lowest BCUT2D eigenvalue weighted by molar-refractivity contribution is 0.0929. The van der Waals surface area contributed by atoms with Crippen LogP contribution in [0.15, 0.2) is 59.1 Å². The zero-order valence-corrected chi connectivity index (χ0v) is 17.2. The third kappa shape index (κ3) is 4.69. The second-order valence-electron chi connectivity index (χ2n) is 7.46. The summed E-state index contributed by atoms with van der Waals surface area (Å²) in [7, 11) is 0. The molecular formula is C23H24ClN3O2. The summed E-state index contributed by atoms with van der Waals surface area (Å²) in [5, 5.41) is 7.63. The van der Waals surface area contributed by atoms with Crippen molar-refractivity contribution in [1.82, 2.24) is 15.4 Å². The van der Waals surface area contributed by atoms with Crippen molar-refractivity contribution in [3.63, 3.8) is 0 Å². The SMILES string of the molecule is Cc1ccc([C@@H](CNC(=O)c2cc(-c3ccc(Cl)cc3)on2)N2CCCC2)cc1. The fourth-order valence-corrected chi connectivity index (χ4v) is 3.84. The molecule has 0 radical (unpaired) electrons. The molecule has 29 heavy (non-hydrogen) atoms. The molecule has 1 saturated heterocycles. The van der Waals surface area contributed by atoms with Crippen molar-refractivity contribution < 1.29 is 9.32 Å². The van der Waals surface area contributed by atoms with E-state index in [9.17, 15) is 4.79 Å². The van der Waals surface area contributed by atoms with E-state index in [1.165, 1.54) is 24.0 Å². The third-order valence-electron chi connectivity index (χ3n) is 5.37. The number of benzene rings is 2. The summed E-state index contributed by atoms with van der Waals surface area (Å²) in [6.07, 6.45) is 2.40. The summed E-state index contributed by atoms with van der Waals surface area (Å²) in [4.78, 5) is 15.1. The average Bonchev–Trinajstić information content (AvgIpc) is 3.42. The second-order valence-corrected chi connectivity index (χ2v) is 7.90. The zero-order valence-electron chi connectivity index (χ0n) is 16.4. The Morgan fingerprint density at radius 2 is 1.83 bits per heavy atom. The molecule has 1 aliphatic rings. The third-order valence-corrected chi connectivity index (χ3v) is 5.62. The number of aromatic nitrogens is 1. The highest BCUT2D eigenvalue weighted by Crippen LogP contribution is 2.26. The first-order chi connectivity index (χ1) is 14.1. The predicted octanol–water partition coefficient (Wildman–Crippen LogP) is 4.87. The predicted molar refractivity (Wildman–Crippen MR) is 114 cm³/mol. The number of rotatable bonds is 6. The van der Waals surface area contributed by atoms with E-state index in [1.54, 1.807) is 18.2 Å². The van der Waals surface area contributed by atoms with E-state index in [1.807, 2.05) is 12.1 Å². The normalized spacial score (nSPS) is 15.4. The molecule has 0 aliphatic carbocycles. The maximum absolute atomic E-state index is 12.7. The van der Waals surface area contributed by atoms with Crippen molar-refractivity contribution >= 4 is 17.5 Å². The van der Waals surface area contributed by atoms with Gasteiger partial charge in [0.15, 0.2) is 11.5 Å². The molecule has 4 rings (SSSR count). The summed E-state index contributed by atoms with van der Waals surface area (Å²) >= 11 is 5.92. The van der Waals surface area contributed by atoms with Crippen molar-refractivity contribution in [2.75, 3.05) is 19.6 Å². The molecule has 1 amide bonds. The largest absolute Gasteiger partial charge is 0.355 e. The molecule has 1 aliphatic heterocycles. The van der Waals surface area contributed by atoms with Gasteiger partial charge in [-0.1, -0.05) is 46.6 Å². The van der Waals surface area contributed by atoms with Gasteiger partial charge in [0.05, 0.1) is 6.04 Å². The van der Waals surface area contributed by atoms with Crippen LogP contribution < -0.4 is 5.32 Å². The molecule has 1 aromatic heterocycles. The van der Waals surface area contributed by atoms with E-state index >= 15 is 0 Å². The number of halogens is 1. The van der Waals surface area contributed by atoms with Gasteiger partial charge in [-0.05, 0) is 62.7 Å². The van der Waals surface area contributed by atoms with Crippen molar-refractivity contribution in [1.29, 1.82) is 0 Å². The Kier molecular flexibility index (Phi) is 5.97. The van der Waals surface area contributed by atoms with Crippen molar-refractivity contribution in [2.24, 2.45) is 0 Å². The lowest BCUT2D eigenvalue weighted by Crippen LogP contribution is -2.36. The summed E-state index contributed by atoms with van der Waals surface area (Å²) in [6.45, 7) is 4.72. The quantitative estimate of drug-likeness (QED) is 0.631. The molecule has 1 N–H and O–H groups in total. The van der Waals surface area contributed by atoms with Crippen LogP contribution in [0.4, 0.5) is 0 Å². The van der Waals surface area contributed by atoms with Crippen LogP contribution in [0.5, 0.6) is 0 Å². The number of aryl methyl sites for hydroxylation is 1. The Labute approximate surface area is 175 Å². The lowest BCUT2D eigenvalue weighted by atomic mass is 10.0. The van der Waals surface area contributed by atoms with Gasteiger partial charge in [-0.2, -0.15) is 0 Å². The summed E-state index contributed by atoms with van der Waals surface area (Å²) in [5.74, 6) is 0.312. The van der Waals surface area contributed by atoms with Gasteiger partial charge in [0, 0.05) is 23.2 Å². The van der Waals surface area contributed by atoms with Gasteiger partial charge in [0.25, 0.3) is 5.91 Å². The first-order valence-corrected chi connectivity index (χ1v) is 10.3. The molecule has 3 aromatic rings. The fourth-order valence-electron chi connectivity index (χ4n) is 3.71. The van der Waals surface area contributed by atoms with Crippen LogP contribution in [-0.4, -0.2) is 35.6 Å². The van der Waals surface area contributed by atoms with Crippen molar-refractivity contribution in [3.8, 4) is 11.3 Å². The van der Waals surface area contributed by atoms with Crippen LogP contribution in [0.1, 0.15) is 40.5 Å². The Morgan fingerprint density at radius 3 is 2.52 bits per heavy atom. The molecular weight excluding hydrogens is 386 g/mol. The molecule has 150 valence electrons. The molecule has 1 fully saturated rings. The molecule has 6 heteroatoms. The Hall–Kier alpha value is -2.63. The highest BCUT2D eigenvalue weighted by Gasteiger charge is 2.24. The summed E-state index contributed by atoms with van der Waals surface area (Å²) in [6, 6.07) is 17.6. The topological polar surface area (TPSA) is 58.4 Å². The number of nitrogens with zero attached hydrogens (tertiary/aromatic N) is 2. The number of carbonyl (C=O) groups excluding carboxylic acids is 1. The van der Waals surface area contributed by atoms with E-state index in [2.05, 4.69) is 46.6 Å². The monoisotopic (exact) mass is 409 g/mol. The molecule has 0 spiro atoms. The van der Waals surface area contributed by atoms with Crippen molar-refractivity contribution in [2.45, 2.75) is 25.8 Å². The standard InChI is InChI=1S/C23H24ClN3O2/c1-16-4-6-17(7-5-16)21(27-12-2-3-13-27)15-25-23(28)20-14-22(29-26-20)18-8-10-19(24)11-9-18/h4-11,14,21H,2-3,12-13,15H2,1H3,(H,25,28)/t21-/m1/s1. The van der Waals surface area contributed by atoms with E-state index in [4.69, 9.17) is 16.1 Å². The smallest absolute Gasteiger partial charge is 0.273 e. The number of amides is 1. The minimum absolute atomic E-state index is 0.157. The maximum atomic E-state index is 12.7. The molecule has 2 aromatic carbocycles. The highest BCUT2D eigenvalue weighted by atomic mass is 35.5. The molecule has 0 saturated carbocycles. The summed E-state index contributed by atoms with van der Waals surface area (Å²) < 4.78 is 5.35. The van der Waals surface area contributed by atoms with Crippen LogP contribution >= 0.6 is 11.6 Å². The van der Waals surface area contributed by atoms with E-state index in [-0.39, 0.29) is 17.6 Å². The number of likely N-dealkylation sites (tertiary alicyclic amines) is 1. The summed E-state index contributed by atoms with van der Waals surface area (Å²) in [5.41, 5.74) is 3.56. The molecule has 5 nitrogen and oxygen atoms in total. The first kappa shape index (κ1) is 19.7. The van der Waals surface area contributed by atoms with E-state index in [0.717, 1.165) is 18.7 Å². The van der Waals surface area contributed by atoms with Crippen molar-refractivity contribution in [3.05, 3.63) is 76.4 Å². The van der Waals surface area contributed by atoms with Gasteiger partial charge >= 0.3 is 0 Å². The Morgan fingerprint density at radius 1 is 1.14 bits per heavy atom. The van der Waals surface area contributed by atoms with Gasteiger partial charge in [-0.3, -0.25) is 9.69 Å². The van der Waals surface area contributed by atoms with Crippen LogP contribution in [0.3, 0.4) is 0 Å². The fraction of sp³-hybridized carbons (Fsp3) is 0.304. The minimum atomic E-state index is -0.231. The lowest BCUT2D eigenvalue weighted by Gasteiger charge is -2.28. The van der Waals surface area contributed by atoms with Crippen LogP contribution in [0, 0.1) is 6.92 Å². The zero-order chi connectivity index (χ0) is 20.2. The van der Waals surface area contributed by atoms with Crippen LogP contribution in [0.25, 0.3) is 11.3 Å².